The van der Waals surface area contributed by atoms with E-state index in [2.05, 4.69) is 14.5 Å². The number of halogens is 1. The Hall–Kier alpha value is -6.46. The number of esters is 2. The van der Waals surface area contributed by atoms with Crippen molar-refractivity contribution in [1.29, 1.82) is 0 Å². The number of fused-ring (bicyclic) bond motifs is 5. The quantitative estimate of drug-likeness (QED) is 0.0311. The van der Waals surface area contributed by atoms with Gasteiger partial charge in [0.25, 0.3) is 15.3 Å². The second-order valence-electron chi connectivity index (χ2n) is 16.8. The molecule has 4 aliphatic rings. The largest absolute Gasteiger partial charge is 0.514 e. The van der Waals surface area contributed by atoms with Crippen LogP contribution < -0.4 is 9.47 Å². The number of allylic oxidation sites excluding steroid dienone is 4. The molecule has 0 radical (unpaired) electrons. The first-order valence-electron chi connectivity index (χ1n) is 20.7. The van der Waals surface area contributed by atoms with E-state index >= 15 is 4.39 Å². The Labute approximate surface area is 369 Å². The summed E-state index contributed by atoms with van der Waals surface area (Å²) in [5, 5.41) is 40.4. The van der Waals surface area contributed by atoms with Gasteiger partial charge in [-0.3, -0.25) is 14.4 Å². The van der Waals surface area contributed by atoms with Gasteiger partial charge in [-0.05, 0) is 82.1 Å². The van der Waals surface area contributed by atoms with Gasteiger partial charge in [0.15, 0.2) is 35.2 Å². The summed E-state index contributed by atoms with van der Waals surface area (Å²) in [5.74, 6) is -5.70. The van der Waals surface area contributed by atoms with E-state index in [0.29, 0.717) is 5.57 Å². The molecule has 1 aromatic rings. The van der Waals surface area contributed by atoms with Gasteiger partial charge in [0, 0.05) is 35.5 Å². The van der Waals surface area contributed by atoms with Crippen molar-refractivity contribution in [3.63, 3.8) is 0 Å². The fourth-order valence-corrected chi connectivity index (χ4v) is 10.3. The second-order valence-corrected chi connectivity index (χ2v) is 16.8. The Kier molecular flexibility index (Phi) is 15.4. The van der Waals surface area contributed by atoms with Crippen LogP contribution in [0.15, 0.2) is 42.0 Å². The van der Waals surface area contributed by atoms with E-state index in [1.807, 2.05) is 0 Å². The number of carbonyl (C=O) groups excluding carboxylic acids is 5. The highest BCUT2D eigenvalue weighted by Gasteiger charge is 2.77. The first kappa shape index (κ1) is 49.6. The average Bonchev–Trinajstić information content (AvgIpc) is 3.45. The number of nitrogens with zero attached hydrogens (tertiary/aromatic N) is 3. The number of rotatable bonds is 22. The molecular formula is C41H50FN3O20. The van der Waals surface area contributed by atoms with Crippen LogP contribution in [0.25, 0.3) is 0 Å². The first-order valence-corrected chi connectivity index (χ1v) is 20.7. The summed E-state index contributed by atoms with van der Waals surface area (Å²) in [6.07, 6.45) is -0.126. The van der Waals surface area contributed by atoms with E-state index in [1.165, 1.54) is 37.5 Å². The normalized spacial score (nSPS) is 29.0. The zero-order valence-corrected chi connectivity index (χ0v) is 36.0. The molecule has 1 aromatic carbocycles. The van der Waals surface area contributed by atoms with Gasteiger partial charge in [0.2, 0.25) is 5.78 Å². The van der Waals surface area contributed by atoms with Gasteiger partial charge in [-0.15, -0.1) is 30.3 Å². The Bertz CT molecular complexity index is 2120. The Balaban J connectivity index is 1.28. The summed E-state index contributed by atoms with van der Waals surface area (Å²) >= 11 is 0. The molecule has 0 spiro atoms. The van der Waals surface area contributed by atoms with Gasteiger partial charge in [0.05, 0.1) is 32.0 Å². The van der Waals surface area contributed by atoms with Gasteiger partial charge in [-0.2, -0.15) is 0 Å². The maximum absolute atomic E-state index is 17.9. The molecule has 1 N–H and O–H groups in total. The summed E-state index contributed by atoms with van der Waals surface area (Å²) in [6.45, 7) is 2.56. The topological polar surface area (TPSA) is 309 Å². The van der Waals surface area contributed by atoms with Crippen molar-refractivity contribution in [3.8, 4) is 11.5 Å². The number of methoxy groups -OCH3 is 1. The minimum atomic E-state index is -2.28. The van der Waals surface area contributed by atoms with Crippen LogP contribution in [0.4, 0.5) is 9.18 Å². The molecular weight excluding hydrogens is 873 g/mol. The minimum Gasteiger partial charge on any atom is -0.493 e. The molecule has 24 heteroatoms. The molecule has 0 amide bonds. The van der Waals surface area contributed by atoms with Gasteiger partial charge < -0.3 is 43.3 Å². The third-order valence-electron chi connectivity index (χ3n) is 13.2. The SMILES string of the molecule is COc1cc(C(=O)OCCCCC(CO[N+](=O)[O-])O[N+](=O)[O-])ccc1OC(=O)OCC(=O)[C@@]1(OC(=O)CCCO[N+](=O)[O-])[C@@H](C)CC2C3CC=C4CC(=O)C=C[C@]4(C)[C@@]3(F)[C@@H](O)C[C@@]21C. The van der Waals surface area contributed by atoms with Crippen molar-refractivity contribution >= 4 is 29.7 Å². The number of carbonyl (C=O) groups is 5. The Morgan fingerprint density at radius 1 is 0.954 bits per heavy atom. The van der Waals surface area contributed by atoms with Crippen molar-refractivity contribution in [3.05, 3.63) is 77.9 Å². The first-order chi connectivity index (χ1) is 30.6. The molecule has 0 aliphatic heterocycles. The number of aliphatic hydroxyl groups excluding tert-OH is 1. The molecule has 2 saturated carbocycles. The van der Waals surface area contributed by atoms with Crippen molar-refractivity contribution in [2.75, 3.05) is 33.5 Å². The fraction of sp³-hybridized carbons (Fsp3) is 0.634. The summed E-state index contributed by atoms with van der Waals surface area (Å²) in [6, 6.07) is 3.59. The number of hydrogen-bond acceptors (Lipinski definition) is 20. The lowest BCUT2D eigenvalue weighted by atomic mass is 9.45. The van der Waals surface area contributed by atoms with Crippen molar-refractivity contribution in [2.24, 2.45) is 28.6 Å². The molecule has 0 heterocycles. The zero-order chi connectivity index (χ0) is 47.9. The van der Waals surface area contributed by atoms with Gasteiger partial charge in [0.1, 0.15) is 12.7 Å². The van der Waals surface area contributed by atoms with Crippen LogP contribution in [0.1, 0.15) is 88.9 Å². The molecule has 65 heavy (non-hydrogen) atoms. The van der Waals surface area contributed by atoms with E-state index in [0.717, 1.165) is 0 Å². The number of unbranched alkanes of at least 4 members (excludes halogenated alkanes) is 1. The predicted molar refractivity (Wildman–Crippen MR) is 213 cm³/mol. The van der Waals surface area contributed by atoms with Gasteiger partial charge in [-0.25, -0.2) is 14.0 Å². The maximum Gasteiger partial charge on any atom is 0.514 e. The lowest BCUT2D eigenvalue weighted by molar-refractivity contribution is -0.790. The minimum absolute atomic E-state index is 0.0159. The molecule has 5 rings (SSSR count). The lowest BCUT2D eigenvalue weighted by Crippen LogP contribution is -2.69. The molecule has 23 nitrogen and oxygen atoms in total. The van der Waals surface area contributed by atoms with Crippen molar-refractivity contribution in [1.82, 2.24) is 0 Å². The maximum atomic E-state index is 17.9. The third kappa shape index (κ3) is 10.1. The van der Waals surface area contributed by atoms with Gasteiger partial charge >= 0.3 is 18.1 Å². The molecule has 3 unspecified atom stereocenters. The van der Waals surface area contributed by atoms with Crippen molar-refractivity contribution in [2.45, 2.75) is 102 Å². The van der Waals surface area contributed by atoms with E-state index in [1.54, 1.807) is 26.8 Å². The molecule has 0 aromatic heterocycles. The summed E-state index contributed by atoms with van der Waals surface area (Å²) < 4.78 is 45.0. The molecule has 356 valence electrons. The van der Waals surface area contributed by atoms with E-state index < -0.39 is 117 Å². The molecule has 0 saturated heterocycles. The smallest absolute Gasteiger partial charge is 0.493 e. The summed E-state index contributed by atoms with van der Waals surface area (Å²) in [5.41, 5.74) is -6.70. The second kappa shape index (κ2) is 20.2. The number of benzene rings is 1. The van der Waals surface area contributed by atoms with Crippen LogP contribution in [0.2, 0.25) is 0 Å². The molecule has 4 aliphatic carbocycles. The van der Waals surface area contributed by atoms with E-state index in [9.17, 15) is 59.4 Å². The number of aliphatic hydroxyl groups is 1. The highest BCUT2D eigenvalue weighted by atomic mass is 19.1. The molecule has 0 bridgehead atoms. The molecule has 9 atom stereocenters. The predicted octanol–water partition coefficient (Wildman–Crippen LogP) is 4.78. The van der Waals surface area contributed by atoms with Crippen LogP contribution in [0.3, 0.4) is 0 Å². The van der Waals surface area contributed by atoms with Crippen molar-refractivity contribution < 1.29 is 86.9 Å². The third-order valence-corrected chi connectivity index (χ3v) is 13.2. The van der Waals surface area contributed by atoms with Crippen LogP contribution >= 0.6 is 0 Å². The van der Waals surface area contributed by atoms with Crippen LogP contribution in [0, 0.1) is 58.9 Å². The monoisotopic (exact) mass is 923 g/mol. The number of hydrogen-bond donors (Lipinski definition) is 1. The Morgan fingerprint density at radius 2 is 1.68 bits per heavy atom. The van der Waals surface area contributed by atoms with Crippen LogP contribution in [-0.4, -0.2) is 107 Å². The van der Waals surface area contributed by atoms with E-state index in [-0.39, 0.29) is 80.8 Å². The highest BCUT2D eigenvalue weighted by Crippen LogP contribution is 2.71. The summed E-state index contributed by atoms with van der Waals surface area (Å²) in [4.78, 5) is 111. The van der Waals surface area contributed by atoms with Crippen LogP contribution in [-0.2, 0) is 43.1 Å². The average molecular weight is 924 g/mol. The number of Topliss-reactive ketones (excluding diaryl/α,β-unsaturated/α-hetero) is 1. The molecule has 2 fully saturated rings. The lowest BCUT2D eigenvalue weighted by Gasteiger charge is -2.62. The Morgan fingerprint density at radius 3 is 2.35 bits per heavy atom. The number of alkyl halides is 1. The standard InChI is InChI=1S/C41H50FN3O20/c1-24-18-30-29-12-11-26-20-27(46)14-15-38(26,2)40(29,42)33(47)21-39(30,3)41(24,64-35(49)9-7-17-61-43(52)53)34(48)23-60-37(51)63-31-13-10-25(19-32(31)58-4)36(50)59-16-6-5-8-28(65-45(56)57)22-62-44(54)55/h10-11,13-15,19,24,28-30,33,47H,5-9,12,16-18,20-23H2,1-4H3/t24-,28?,29?,30?,33-,38-,39-,40-,41-/m0/s1. The fourth-order valence-electron chi connectivity index (χ4n) is 10.3. The van der Waals surface area contributed by atoms with Crippen LogP contribution in [0.5, 0.6) is 11.5 Å². The number of ether oxygens (including phenoxy) is 5. The van der Waals surface area contributed by atoms with Gasteiger partial charge in [-0.1, -0.05) is 31.6 Å². The number of ketones is 2. The highest BCUT2D eigenvalue weighted by molar-refractivity contribution is 5.95. The zero-order valence-electron chi connectivity index (χ0n) is 36.0. The van der Waals surface area contributed by atoms with E-state index in [4.69, 9.17) is 23.7 Å². The summed E-state index contributed by atoms with van der Waals surface area (Å²) in [7, 11) is 1.20.